The fourth-order valence-corrected chi connectivity index (χ4v) is 2.69. The van der Waals surface area contributed by atoms with E-state index in [4.69, 9.17) is 5.73 Å². The lowest BCUT2D eigenvalue weighted by molar-refractivity contribution is -0.128. The summed E-state index contributed by atoms with van der Waals surface area (Å²) in [4.78, 5) is 12.3. The number of rotatable bonds is 3. The maximum atomic E-state index is 12.3. The third kappa shape index (κ3) is 3.35. The van der Waals surface area contributed by atoms with Crippen LogP contribution in [0.5, 0.6) is 0 Å². The summed E-state index contributed by atoms with van der Waals surface area (Å²) in [6, 6.07) is 8.26. The Hall–Kier alpha value is -1.35. The molecule has 1 aliphatic rings. The van der Waals surface area contributed by atoms with Crippen molar-refractivity contribution in [1.29, 1.82) is 0 Å². The molecule has 3 heteroatoms. The molecule has 0 bridgehead atoms. The number of aryl methyl sites for hydroxylation is 1. The molecule has 2 rings (SSSR count). The molecule has 1 unspecified atom stereocenters. The van der Waals surface area contributed by atoms with Crippen LogP contribution < -0.4 is 11.1 Å². The number of amides is 1. The highest BCUT2D eigenvalue weighted by atomic mass is 16.2. The van der Waals surface area contributed by atoms with Crippen LogP contribution in [0.25, 0.3) is 0 Å². The predicted octanol–water partition coefficient (Wildman–Crippen LogP) is 2.83. The van der Waals surface area contributed by atoms with Gasteiger partial charge in [0.15, 0.2) is 0 Å². The summed E-state index contributed by atoms with van der Waals surface area (Å²) in [6.45, 7) is 4.07. The zero-order chi connectivity index (χ0) is 13.9. The Morgan fingerprint density at radius 3 is 2.37 bits per heavy atom. The Labute approximate surface area is 115 Å². The quantitative estimate of drug-likeness (QED) is 0.878. The average Bonchev–Trinajstić information content (AvgIpc) is 2.40. The number of hydrogen-bond acceptors (Lipinski definition) is 2. The fraction of sp³-hybridized carbons (Fsp3) is 0.562. The lowest BCUT2D eigenvalue weighted by atomic mass is 9.81. The first-order valence-corrected chi connectivity index (χ1v) is 7.18. The van der Waals surface area contributed by atoms with Gasteiger partial charge in [-0.25, -0.2) is 0 Å². The second kappa shape index (κ2) is 5.74. The van der Waals surface area contributed by atoms with Gasteiger partial charge in [0.25, 0.3) is 0 Å². The van der Waals surface area contributed by atoms with Crippen molar-refractivity contribution >= 4 is 5.91 Å². The summed E-state index contributed by atoms with van der Waals surface area (Å²) >= 11 is 0. The molecule has 3 N–H and O–H groups in total. The van der Waals surface area contributed by atoms with Gasteiger partial charge in [-0.05, 0) is 32.3 Å². The smallest absolute Gasteiger partial charge is 0.240 e. The van der Waals surface area contributed by atoms with Crippen molar-refractivity contribution in [3.8, 4) is 0 Å². The molecule has 104 valence electrons. The minimum atomic E-state index is -0.656. The molecular weight excluding hydrogens is 236 g/mol. The van der Waals surface area contributed by atoms with Gasteiger partial charge in [-0.3, -0.25) is 4.79 Å². The van der Waals surface area contributed by atoms with Crippen molar-refractivity contribution in [1.82, 2.24) is 5.32 Å². The third-order valence-corrected chi connectivity index (χ3v) is 4.12. The van der Waals surface area contributed by atoms with Crippen LogP contribution in [0.4, 0.5) is 0 Å². The zero-order valence-corrected chi connectivity index (χ0v) is 11.9. The third-order valence-electron chi connectivity index (χ3n) is 4.12. The highest BCUT2D eigenvalue weighted by Crippen LogP contribution is 2.27. The van der Waals surface area contributed by atoms with Crippen LogP contribution in [0.15, 0.2) is 24.3 Å². The molecule has 0 aliphatic heterocycles. The van der Waals surface area contributed by atoms with Crippen LogP contribution in [-0.4, -0.2) is 11.4 Å². The standard InChI is InChI=1S/C16H24N2O/c1-12-6-8-14(9-7-12)13(2)18-15(19)16(17)10-4-3-5-11-16/h6-9,13H,3-5,10-11,17H2,1-2H3,(H,18,19). The van der Waals surface area contributed by atoms with Gasteiger partial charge < -0.3 is 11.1 Å². The van der Waals surface area contributed by atoms with Crippen molar-refractivity contribution in [2.45, 2.75) is 57.5 Å². The molecule has 1 aliphatic carbocycles. The number of carbonyl (C=O) groups is 1. The molecule has 1 saturated carbocycles. The number of nitrogens with two attached hydrogens (primary N) is 1. The Kier molecular flexibility index (Phi) is 4.25. The van der Waals surface area contributed by atoms with E-state index in [1.165, 1.54) is 12.0 Å². The van der Waals surface area contributed by atoms with E-state index < -0.39 is 5.54 Å². The second-order valence-corrected chi connectivity index (χ2v) is 5.82. The summed E-state index contributed by atoms with van der Waals surface area (Å²) in [5.74, 6) is 0.000255. The molecule has 0 heterocycles. The SMILES string of the molecule is Cc1ccc(C(C)NC(=O)C2(N)CCCCC2)cc1. The highest BCUT2D eigenvalue weighted by Gasteiger charge is 2.35. The topological polar surface area (TPSA) is 55.1 Å². The van der Waals surface area contributed by atoms with Gasteiger partial charge in [-0.15, -0.1) is 0 Å². The molecule has 1 aromatic carbocycles. The summed E-state index contributed by atoms with van der Waals surface area (Å²) in [6.07, 6.45) is 4.92. The first-order chi connectivity index (χ1) is 9.01. The highest BCUT2D eigenvalue weighted by molar-refractivity contribution is 5.86. The normalized spacial score (nSPS) is 19.7. The van der Waals surface area contributed by atoms with E-state index >= 15 is 0 Å². The first-order valence-electron chi connectivity index (χ1n) is 7.18. The zero-order valence-electron chi connectivity index (χ0n) is 11.9. The second-order valence-electron chi connectivity index (χ2n) is 5.82. The molecule has 0 radical (unpaired) electrons. The van der Waals surface area contributed by atoms with E-state index in [9.17, 15) is 4.79 Å². The van der Waals surface area contributed by atoms with Crippen molar-refractivity contribution in [3.05, 3.63) is 35.4 Å². The summed E-state index contributed by atoms with van der Waals surface area (Å²) in [7, 11) is 0. The molecule has 0 aromatic heterocycles. The van der Waals surface area contributed by atoms with Gasteiger partial charge >= 0.3 is 0 Å². The molecular formula is C16H24N2O. The Bertz CT molecular complexity index is 433. The lowest BCUT2D eigenvalue weighted by Gasteiger charge is -2.33. The molecule has 0 saturated heterocycles. The molecule has 0 spiro atoms. The Morgan fingerprint density at radius 1 is 1.21 bits per heavy atom. The number of hydrogen-bond donors (Lipinski definition) is 2. The van der Waals surface area contributed by atoms with Crippen LogP contribution in [-0.2, 0) is 4.79 Å². The van der Waals surface area contributed by atoms with Gasteiger partial charge in [-0.1, -0.05) is 49.1 Å². The van der Waals surface area contributed by atoms with E-state index in [0.717, 1.165) is 31.2 Å². The average molecular weight is 260 g/mol. The van der Waals surface area contributed by atoms with Crippen LogP contribution in [0.2, 0.25) is 0 Å². The largest absolute Gasteiger partial charge is 0.348 e. The summed E-state index contributed by atoms with van der Waals surface area (Å²) < 4.78 is 0. The van der Waals surface area contributed by atoms with Crippen molar-refractivity contribution in [3.63, 3.8) is 0 Å². The van der Waals surface area contributed by atoms with E-state index in [0.29, 0.717) is 0 Å². The van der Waals surface area contributed by atoms with Crippen LogP contribution in [0.1, 0.15) is 56.2 Å². The van der Waals surface area contributed by atoms with Gasteiger partial charge in [0, 0.05) is 0 Å². The minimum Gasteiger partial charge on any atom is -0.348 e. The maximum Gasteiger partial charge on any atom is 0.240 e. The molecule has 1 aromatic rings. The van der Waals surface area contributed by atoms with Crippen LogP contribution in [0.3, 0.4) is 0 Å². The molecule has 1 amide bonds. The lowest BCUT2D eigenvalue weighted by Crippen LogP contribution is -2.55. The van der Waals surface area contributed by atoms with Crippen molar-refractivity contribution < 1.29 is 4.79 Å². The number of benzene rings is 1. The van der Waals surface area contributed by atoms with E-state index in [1.807, 2.05) is 6.92 Å². The van der Waals surface area contributed by atoms with E-state index in [-0.39, 0.29) is 11.9 Å². The first kappa shape index (κ1) is 14.1. The summed E-state index contributed by atoms with van der Waals surface area (Å²) in [5.41, 5.74) is 7.94. The monoisotopic (exact) mass is 260 g/mol. The maximum absolute atomic E-state index is 12.3. The molecule has 3 nitrogen and oxygen atoms in total. The fourth-order valence-electron chi connectivity index (χ4n) is 2.69. The molecule has 1 atom stereocenters. The van der Waals surface area contributed by atoms with E-state index in [1.54, 1.807) is 0 Å². The van der Waals surface area contributed by atoms with Crippen molar-refractivity contribution in [2.75, 3.05) is 0 Å². The summed E-state index contributed by atoms with van der Waals surface area (Å²) in [5, 5.41) is 3.06. The van der Waals surface area contributed by atoms with Gasteiger partial charge in [0.1, 0.15) is 0 Å². The van der Waals surface area contributed by atoms with Crippen LogP contribution in [0, 0.1) is 6.92 Å². The molecule has 1 fully saturated rings. The number of carbonyl (C=O) groups excluding carboxylic acids is 1. The van der Waals surface area contributed by atoms with Gasteiger partial charge in [0.05, 0.1) is 11.6 Å². The van der Waals surface area contributed by atoms with Gasteiger partial charge in [0.2, 0.25) is 5.91 Å². The Balaban J connectivity index is 2.00. The van der Waals surface area contributed by atoms with Crippen LogP contribution >= 0.6 is 0 Å². The van der Waals surface area contributed by atoms with Gasteiger partial charge in [-0.2, -0.15) is 0 Å². The van der Waals surface area contributed by atoms with Crippen molar-refractivity contribution in [2.24, 2.45) is 5.73 Å². The van der Waals surface area contributed by atoms with E-state index in [2.05, 4.69) is 36.5 Å². The predicted molar refractivity (Wildman–Crippen MR) is 77.7 cm³/mol. The number of nitrogens with one attached hydrogen (secondary N) is 1. The molecule has 19 heavy (non-hydrogen) atoms. The minimum absolute atomic E-state index is 0.000255. The Morgan fingerprint density at radius 2 is 1.79 bits per heavy atom.